The van der Waals surface area contributed by atoms with E-state index in [4.69, 9.17) is 11.6 Å². The normalized spacial score (nSPS) is 31.8. The third-order valence-corrected chi connectivity index (χ3v) is 4.68. The molecule has 0 aromatic heterocycles. The van der Waals surface area contributed by atoms with Gasteiger partial charge in [-0.05, 0) is 65.6 Å². The van der Waals surface area contributed by atoms with E-state index < -0.39 is 0 Å². The smallest absolute Gasteiger partial charge is 0.0257 e. The fourth-order valence-electron chi connectivity index (χ4n) is 3.53. The zero-order chi connectivity index (χ0) is 12.5. The lowest BCUT2D eigenvalue weighted by Crippen LogP contribution is -2.53. The van der Waals surface area contributed by atoms with Crippen molar-refractivity contribution >= 4 is 11.6 Å². The zero-order valence-electron chi connectivity index (χ0n) is 11.6. The monoisotopic (exact) mass is 258 g/mol. The summed E-state index contributed by atoms with van der Waals surface area (Å²) in [5.74, 6) is 1.74. The van der Waals surface area contributed by atoms with E-state index in [0.717, 1.165) is 24.3 Å². The van der Waals surface area contributed by atoms with Gasteiger partial charge in [0.1, 0.15) is 0 Å². The number of piperidine rings is 1. The lowest BCUT2D eigenvalue weighted by Gasteiger charge is -2.43. The molecule has 17 heavy (non-hydrogen) atoms. The number of likely N-dealkylation sites (tertiary alicyclic amines) is 2. The van der Waals surface area contributed by atoms with Crippen molar-refractivity contribution < 1.29 is 0 Å². The fraction of sp³-hybridized carbons (Fsp3) is 1.00. The minimum atomic E-state index is 0.328. The van der Waals surface area contributed by atoms with Gasteiger partial charge in [0.05, 0.1) is 0 Å². The third-order valence-electron chi connectivity index (χ3n) is 4.42. The largest absolute Gasteiger partial charge is 0.302 e. The van der Waals surface area contributed by atoms with Crippen LogP contribution in [0.5, 0.6) is 0 Å². The molecule has 3 heteroatoms. The van der Waals surface area contributed by atoms with Crippen molar-refractivity contribution in [2.45, 2.75) is 51.6 Å². The lowest BCUT2D eigenvalue weighted by molar-refractivity contribution is 0.0510. The minimum Gasteiger partial charge on any atom is -0.302 e. The highest BCUT2D eigenvalue weighted by Crippen LogP contribution is 2.35. The molecular formula is C14H27ClN2. The molecule has 2 unspecified atom stereocenters. The van der Waals surface area contributed by atoms with Crippen LogP contribution in [0.4, 0.5) is 0 Å². The number of alkyl halides is 1. The van der Waals surface area contributed by atoms with Gasteiger partial charge in [0.25, 0.3) is 0 Å². The van der Waals surface area contributed by atoms with E-state index in [0.29, 0.717) is 5.54 Å². The van der Waals surface area contributed by atoms with Gasteiger partial charge in [-0.15, -0.1) is 11.6 Å². The van der Waals surface area contributed by atoms with Gasteiger partial charge in [-0.25, -0.2) is 0 Å². The number of hydrogen-bond donors (Lipinski definition) is 0. The highest BCUT2D eigenvalue weighted by molar-refractivity contribution is 6.17. The van der Waals surface area contributed by atoms with Crippen LogP contribution in [0.25, 0.3) is 0 Å². The fourth-order valence-corrected chi connectivity index (χ4v) is 3.65. The van der Waals surface area contributed by atoms with Crippen LogP contribution in [-0.2, 0) is 0 Å². The third kappa shape index (κ3) is 3.15. The maximum absolute atomic E-state index is 5.80. The first-order valence-electron chi connectivity index (χ1n) is 7.07. The molecule has 100 valence electrons. The number of fused-ring (bicyclic) bond motifs is 1. The number of nitrogens with zero attached hydrogens (tertiary/aromatic N) is 2. The van der Waals surface area contributed by atoms with Gasteiger partial charge in [0.2, 0.25) is 0 Å². The standard InChI is InChI=1S/C14H27ClN2/c1-14(2,3)17-10-6-12-5-9-16(8-4-7-15)11-13(12)17/h12-13H,4-11H2,1-3H3. The van der Waals surface area contributed by atoms with Crippen LogP contribution in [0.1, 0.15) is 40.0 Å². The van der Waals surface area contributed by atoms with Crippen molar-refractivity contribution in [1.29, 1.82) is 0 Å². The Bertz CT molecular complexity index is 249. The Morgan fingerprint density at radius 3 is 2.53 bits per heavy atom. The van der Waals surface area contributed by atoms with E-state index in [9.17, 15) is 0 Å². The summed E-state index contributed by atoms with van der Waals surface area (Å²) in [6.07, 6.45) is 3.93. The molecule has 0 amide bonds. The average Bonchev–Trinajstić information content (AvgIpc) is 2.68. The van der Waals surface area contributed by atoms with Gasteiger partial charge in [-0.1, -0.05) is 0 Å². The molecule has 2 heterocycles. The molecule has 2 atom stereocenters. The quantitative estimate of drug-likeness (QED) is 0.719. The predicted molar refractivity (Wildman–Crippen MR) is 74.7 cm³/mol. The molecule has 0 aromatic carbocycles. The van der Waals surface area contributed by atoms with Crippen LogP contribution in [-0.4, -0.2) is 53.4 Å². The number of rotatable bonds is 3. The molecule has 2 aliphatic heterocycles. The van der Waals surface area contributed by atoms with Crippen LogP contribution in [0.3, 0.4) is 0 Å². The predicted octanol–water partition coefficient (Wildman–Crippen LogP) is 2.81. The Balaban J connectivity index is 1.94. The summed E-state index contributed by atoms with van der Waals surface area (Å²) in [7, 11) is 0. The zero-order valence-corrected chi connectivity index (χ0v) is 12.3. The molecule has 0 saturated carbocycles. The highest BCUT2D eigenvalue weighted by Gasteiger charge is 2.42. The van der Waals surface area contributed by atoms with Crippen molar-refractivity contribution in [1.82, 2.24) is 9.80 Å². The second-order valence-electron chi connectivity index (χ2n) is 6.61. The highest BCUT2D eigenvalue weighted by atomic mass is 35.5. The molecular weight excluding hydrogens is 232 g/mol. The van der Waals surface area contributed by atoms with Gasteiger partial charge in [-0.2, -0.15) is 0 Å². The van der Waals surface area contributed by atoms with E-state index in [2.05, 4.69) is 30.6 Å². The molecule has 0 aromatic rings. The summed E-state index contributed by atoms with van der Waals surface area (Å²) in [6, 6.07) is 0.791. The summed E-state index contributed by atoms with van der Waals surface area (Å²) in [6.45, 7) is 12.1. The molecule has 2 fully saturated rings. The SMILES string of the molecule is CC(C)(C)N1CCC2CCN(CCCCl)CC21. The maximum Gasteiger partial charge on any atom is 0.0257 e. The summed E-state index contributed by atoms with van der Waals surface area (Å²) >= 11 is 5.80. The van der Waals surface area contributed by atoms with E-state index in [1.54, 1.807) is 0 Å². The van der Waals surface area contributed by atoms with Crippen LogP contribution in [0.2, 0.25) is 0 Å². The van der Waals surface area contributed by atoms with Crippen molar-refractivity contribution in [3.05, 3.63) is 0 Å². The van der Waals surface area contributed by atoms with Crippen molar-refractivity contribution in [2.24, 2.45) is 5.92 Å². The molecule has 0 bridgehead atoms. The van der Waals surface area contributed by atoms with Crippen LogP contribution in [0, 0.1) is 5.92 Å². The Labute approximate surface area is 111 Å². The van der Waals surface area contributed by atoms with E-state index in [1.165, 1.54) is 39.0 Å². The average molecular weight is 259 g/mol. The molecule has 2 saturated heterocycles. The van der Waals surface area contributed by atoms with Crippen LogP contribution < -0.4 is 0 Å². The first-order valence-corrected chi connectivity index (χ1v) is 7.61. The summed E-state index contributed by atoms with van der Waals surface area (Å²) in [5, 5.41) is 0. The van der Waals surface area contributed by atoms with Crippen LogP contribution in [0.15, 0.2) is 0 Å². The summed E-state index contributed by atoms with van der Waals surface area (Å²) < 4.78 is 0. The molecule has 2 nitrogen and oxygen atoms in total. The van der Waals surface area contributed by atoms with Crippen molar-refractivity contribution in [3.8, 4) is 0 Å². The number of hydrogen-bond acceptors (Lipinski definition) is 2. The van der Waals surface area contributed by atoms with Crippen molar-refractivity contribution in [2.75, 3.05) is 32.1 Å². The van der Waals surface area contributed by atoms with E-state index >= 15 is 0 Å². The van der Waals surface area contributed by atoms with Crippen LogP contribution >= 0.6 is 11.6 Å². The Morgan fingerprint density at radius 2 is 1.88 bits per heavy atom. The number of halogens is 1. The van der Waals surface area contributed by atoms with Gasteiger partial charge in [0.15, 0.2) is 0 Å². The Kier molecular flexibility index (Phi) is 4.38. The topological polar surface area (TPSA) is 6.48 Å². The molecule has 2 aliphatic rings. The first kappa shape index (κ1) is 13.6. The lowest BCUT2D eigenvalue weighted by atomic mass is 9.91. The maximum atomic E-state index is 5.80. The van der Waals surface area contributed by atoms with Gasteiger partial charge < -0.3 is 4.90 Å². The van der Waals surface area contributed by atoms with Crippen molar-refractivity contribution in [3.63, 3.8) is 0 Å². The van der Waals surface area contributed by atoms with Gasteiger partial charge in [0, 0.05) is 24.0 Å². The molecule has 0 N–H and O–H groups in total. The molecule has 0 spiro atoms. The molecule has 0 radical (unpaired) electrons. The van der Waals surface area contributed by atoms with Gasteiger partial charge >= 0.3 is 0 Å². The molecule has 2 rings (SSSR count). The van der Waals surface area contributed by atoms with E-state index in [1.807, 2.05) is 0 Å². The van der Waals surface area contributed by atoms with Gasteiger partial charge in [-0.3, -0.25) is 4.90 Å². The second kappa shape index (κ2) is 5.46. The summed E-state index contributed by atoms with van der Waals surface area (Å²) in [4.78, 5) is 5.35. The first-order chi connectivity index (χ1) is 8.02. The molecule has 0 aliphatic carbocycles. The minimum absolute atomic E-state index is 0.328. The second-order valence-corrected chi connectivity index (χ2v) is 6.99. The summed E-state index contributed by atoms with van der Waals surface area (Å²) in [5.41, 5.74) is 0.328. The Hall–Kier alpha value is 0.210. The van der Waals surface area contributed by atoms with E-state index in [-0.39, 0.29) is 0 Å². The Morgan fingerprint density at radius 1 is 1.18 bits per heavy atom.